The third-order valence-corrected chi connectivity index (χ3v) is 1.92. The van der Waals surface area contributed by atoms with Gasteiger partial charge in [-0.05, 0) is 6.92 Å². The van der Waals surface area contributed by atoms with E-state index in [9.17, 15) is 4.79 Å². The van der Waals surface area contributed by atoms with Gasteiger partial charge in [-0.25, -0.2) is 14.3 Å². The standard InChI is InChI=1S/C10H19N4O3/c1-5-16-10(15)17-9(13(2)3)14(4)8(12)6-7-11/h8H,5-6,12H2,1-4H3/q+1. The molecule has 0 saturated carbocycles. The van der Waals surface area contributed by atoms with Crippen molar-refractivity contribution in [3.05, 3.63) is 0 Å². The van der Waals surface area contributed by atoms with Crippen LogP contribution in [0.1, 0.15) is 13.3 Å². The van der Waals surface area contributed by atoms with Gasteiger partial charge in [0, 0.05) is 0 Å². The normalized spacial score (nSPS) is 11.1. The number of rotatable bonds is 3. The zero-order valence-electron chi connectivity index (χ0n) is 10.6. The molecule has 1 unspecified atom stereocenters. The second kappa shape index (κ2) is 7.46. The summed E-state index contributed by atoms with van der Waals surface area (Å²) in [4.78, 5) is 12.7. The van der Waals surface area contributed by atoms with E-state index in [1.807, 2.05) is 6.07 Å². The molecule has 0 bridgehead atoms. The lowest BCUT2D eigenvalue weighted by atomic mass is 10.3. The van der Waals surface area contributed by atoms with Crippen LogP contribution in [0.3, 0.4) is 0 Å². The number of hydrogen-bond acceptors (Lipinski definition) is 5. The molecular weight excluding hydrogens is 224 g/mol. The number of nitriles is 1. The van der Waals surface area contributed by atoms with E-state index >= 15 is 0 Å². The Morgan fingerprint density at radius 1 is 1.59 bits per heavy atom. The Morgan fingerprint density at radius 2 is 2.18 bits per heavy atom. The van der Waals surface area contributed by atoms with Gasteiger partial charge in [-0.3, -0.25) is 5.73 Å². The van der Waals surface area contributed by atoms with Gasteiger partial charge in [0.2, 0.25) is 0 Å². The van der Waals surface area contributed by atoms with Gasteiger partial charge in [-0.15, -0.1) is 0 Å². The van der Waals surface area contributed by atoms with Crippen molar-refractivity contribution in [1.82, 2.24) is 4.90 Å². The molecule has 0 saturated heterocycles. The average Bonchev–Trinajstić information content (AvgIpc) is 2.25. The molecule has 0 aliphatic heterocycles. The van der Waals surface area contributed by atoms with Crippen molar-refractivity contribution in [3.63, 3.8) is 0 Å². The Labute approximate surface area is 101 Å². The maximum atomic E-state index is 11.2. The Kier molecular flexibility index (Phi) is 6.67. The lowest BCUT2D eigenvalue weighted by molar-refractivity contribution is -0.479. The molecule has 7 nitrogen and oxygen atoms in total. The Morgan fingerprint density at radius 3 is 2.59 bits per heavy atom. The summed E-state index contributed by atoms with van der Waals surface area (Å²) in [7, 11) is 5.03. The topological polar surface area (TPSA) is 91.6 Å². The minimum absolute atomic E-state index is 0.125. The number of nitrogens with two attached hydrogens (primary N) is 1. The van der Waals surface area contributed by atoms with Crippen LogP contribution < -0.4 is 5.73 Å². The third-order valence-electron chi connectivity index (χ3n) is 1.92. The first-order valence-corrected chi connectivity index (χ1v) is 5.18. The van der Waals surface area contributed by atoms with Gasteiger partial charge >= 0.3 is 12.2 Å². The van der Waals surface area contributed by atoms with E-state index in [4.69, 9.17) is 15.7 Å². The van der Waals surface area contributed by atoms with Gasteiger partial charge < -0.3 is 9.47 Å². The maximum Gasteiger partial charge on any atom is 0.519 e. The molecule has 0 amide bonds. The average molecular weight is 243 g/mol. The fourth-order valence-electron chi connectivity index (χ4n) is 1.07. The molecule has 2 N–H and O–H groups in total. The van der Waals surface area contributed by atoms with Crippen LogP contribution in [-0.2, 0) is 9.47 Å². The van der Waals surface area contributed by atoms with Crippen molar-refractivity contribution in [2.24, 2.45) is 5.73 Å². The molecule has 0 aromatic carbocycles. The molecule has 7 heteroatoms. The summed E-state index contributed by atoms with van der Waals surface area (Å²) >= 11 is 0. The molecule has 0 spiro atoms. The summed E-state index contributed by atoms with van der Waals surface area (Å²) in [5.41, 5.74) is 5.74. The van der Waals surface area contributed by atoms with E-state index in [0.29, 0.717) is 0 Å². The Bertz CT molecular complexity index is 331. The van der Waals surface area contributed by atoms with Crippen molar-refractivity contribution in [2.75, 3.05) is 27.7 Å². The van der Waals surface area contributed by atoms with Gasteiger partial charge in [0.25, 0.3) is 0 Å². The van der Waals surface area contributed by atoms with Gasteiger partial charge in [0.15, 0.2) is 6.17 Å². The molecular formula is C10H19N4O3+. The largest absolute Gasteiger partial charge is 0.519 e. The quantitative estimate of drug-likeness (QED) is 0.245. The van der Waals surface area contributed by atoms with E-state index in [1.165, 1.54) is 4.90 Å². The van der Waals surface area contributed by atoms with Crippen LogP contribution in [0.2, 0.25) is 0 Å². The maximum absolute atomic E-state index is 11.2. The number of carbonyl (C=O) groups excluding carboxylic acids is 1. The van der Waals surface area contributed by atoms with E-state index in [1.54, 1.807) is 32.6 Å². The third kappa shape index (κ3) is 5.17. The van der Waals surface area contributed by atoms with Crippen molar-refractivity contribution >= 4 is 12.2 Å². The second-order valence-electron chi connectivity index (χ2n) is 3.50. The predicted molar refractivity (Wildman–Crippen MR) is 61.2 cm³/mol. The Balaban J connectivity index is 4.72. The van der Waals surface area contributed by atoms with Gasteiger partial charge in [0.05, 0.1) is 40.2 Å². The highest BCUT2D eigenvalue weighted by atomic mass is 16.7. The van der Waals surface area contributed by atoms with Crippen LogP contribution in [0, 0.1) is 11.3 Å². The SMILES string of the molecule is CCOC(=O)OC(N(C)C(N)CC#N)=[N+](C)C. The summed E-state index contributed by atoms with van der Waals surface area (Å²) in [6, 6.07) is 2.18. The van der Waals surface area contributed by atoms with E-state index in [-0.39, 0.29) is 19.0 Å². The van der Waals surface area contributed by atoms with Gasteiger partial charge in [-0.2, -0.15) is 5.26 Å². The van der Waals surface area contributed by atoms with Crippen molar-refractivity contribution in [3.8, 4) is 6.07 Å². The predicted octanol–water partition coefficient (Wildman–Crippen LogP) is -0.0821. The van der Waals surface area contributed by atoms with Crippen LogP contribution >= 0.6 is 0 Å². The van der Waals surface area contributed by atoms with Crippen LogP contribution in [-0.4, -0.2) is 55.6 Å². The second-order valence-corrected chi connectivity index (χ2v) is 3.50. The first-order chi connectivity index (χ1) is 7.93. The highest BCUT2D eigenvalue weighted by Crippen LogP contribution is 1.99. The summed E-state index contributed by atoms with van der Waals surface area (Å²) in [6.45, 7) is 1.91. The van der Waals surface area contributed by atoms with Crippen molar-refractivity contribution in [2.45, 2.75) is 19.5 Å². The number of nitrogens with zero attached hydrogens (tertiary/aromatic N) is 3. The fourth-order valence-corrected chi connectivity index (χ4v) is 1.07. The molecule has 0 aromatic heterocycles. The molecule has 0 rings (SSSR count). The highest BCUT2D eigenvalue weighted by molar-refractivity contribution is 5.81. The molecule has 17 heavy (non-hydrogen) atoms. The number of amidine groups is 1. The van der Waals surface area contributed by atoms with E-state index in [0.717, 1.165) is 0 Å². The molecule has 0 radical (unpaired) electrons. The zero-order valence-corrected chi connectivity index (χ0v) is 10.6. The first kappa shape index (κ1) is 15.2. The van der Waals surface area contributed by atoms with Gasteiger partial charge in [-0.1, -0.05) is 0 Å². The minimum Gasteiger partial charge on any atom is -0.434 e. The van der Waals surface area contributed by atoms with Crippen molar-refractivity contribution in [1.29, 1.82) is 5.26 Å². The lowest BCUT2D eigenvalue weighted by Gasteiger charge is -2.18. The number of hydrogen-bond donors (Lipinski definition) is 1. The number of ether oxygens (including phenoxy) is 2. The molecule has 0 aromatic rings. The highest BCUT2D eigenvalue weighted by Gasteiger charge is 2.27. The molecule has 0 heterocycles. The molecule has 0 fully saturated rings. The first-order valence-electron chi connectivity index (χ1n) is 5.18. The molecule has 0 aliphatic rings. The van der Waals surface area contributed by atoms with E-state index in [2.05, 4.69) is 4.74 Å². The van der Waals surface area contributed by atoms with Crippen LogP contribution in [0.4, 0.5) is 4.79 Å². The molecule has 0 aliphatic carbocycles. The zero-order chi connectivity index (χ0) is 13.4. The van der Waals surface area contributed by atoms with E-state index < -0.39 is 12.3 Å². The summed E-state index contributed by atoms with van der Waals surface area (Å²) in [5.74, 6) is 0. The Hall–Kier alpha value is -1.81. The summed E-state index contributed by atoms with van der Waals surface area (Å²) < 4.78 is 11.2. The van der Waals surface area contributed by atoms with Crippen LogP contribution in [0.25, 0.3) is 0 Å². The summed E-state index contributed by atoms with van der Waals surface area (Å²) in [6.07, 6.45) is -1.22. The van der Waals surface area contributed by atoms with Crippen LogP contribution in [0.15, 0.2) is 0 Å². The van der Waals surface area contributed by atoms with Crippen molar-refractivity contribution < 1.29 is 18.8 Å². The molecule has 96 valence electrons. The van der Waals surface area contributed by atoms with Gasteiger partial charge in [0.1, 0.15) is 0 Å². The summed E-state index contributed by atoms with van der Waals surface area (Å²) in [5, 5.41) is 8.56. The smallest absolute Gasteiger partial charge is 0.434 e. The number of carbonyl (C=O) groups is 1. The minimum atomic E-state index is -0.799. The van der Waals surface area contributed by atoms with Crippen LogP contribution in [0.5, 0.6) is 0 Å². The molecule has 1 atom stereocenters. The monoisotopic (exact) mass is 243 g/mol. The lowest BCUT2D eigenvalue weighted by Crippen LogP contribution is -2.47. The fraction of sp³-hybridized carbons (Fsp3) is 0.700.